The lowest BCUT2D eigenvalue weighted by Gasteiger charge is -2.38. The van der Waals surface area contributed by atoms with Gasteiger partial charge in [-0.15, -0.1) is 0 Å². The second-order valence-electron chi connectivity index (χ2n) is 5.52. The molecule has 0 aromatic heterocycles. The first-order valence-corrected chi connectivity index (χ1v) is 6.22. The number of hydrogen-bond acceptors (Lipinski definition) is 4. The van der Waals surface area contributed by atoms with E-state index in [1.54, 1.807) is 0 Å². The minimum absolute atomic E-state index is 0.00986. The minimum atomic E-state index is -0.287. The molecule has 0 unspecified atom stereocenters. The number of nitrogens with one attached hydrogen (secondary N) is 1. The Morgan fingerprint density at radius 3 is 2.75 bits per heavy atom. The molecule has 0 spiro atoms. The van der Waals surface area contributed by atoms with E-state index in [-0.39, 0.29) is 17.5 Å². The highest BCUT2D eigenvalue weighted by atomic mass is 16.6. The fourth-order valence-electron chi connectivity index (χ4n) is 3.05. The molecule has 4 heteroatoms. The van der Waals surface area contributed by atoms with E-state index in [1.807, 2.05) is 6.92 Å². The van der Waals surface area contributed by atoms with Crippen LogP contribution >= 0.6 is 0 Å². The molecule has 3 aliphatic heterocycles. The van der Waals surface area contributed by atoms with E-state index in [2.05, 4.69) is 5.32 Å². The number of fused-ring (bicyclic) bond motifs is 1. The van der Waals surface area contributed by atoms with Crippen molar-refractivity contribution in [3.63, 3.8) is 0 Å². The monoisotopic (exact) mass is 225 g/mol. The highest BCUT2D eigenvalue weighted by Crippen LogP contribution is 2.42. The van der Waals surface area contributed by atoms with Crippen molar-refractivity contribution in [3.8, 4) is 0 Å². The Kier molecular flexibility index (Phi) is 2.44. The molecule has 1 N–H and O–H groups in total. The Balaban J connectivity index is 1.59. The van der Waals surface area contributed by atoms with Gasteiger partial charge < -0.3 is 14.8 Å². The molecule has 3 heterocycles. The van der Waals surface area contributed by atoms with Gasteiger partial charge in [0.05, 0.1) is 19.1 Å². The van der Waals surface area contributed by atoms with Crippen LogP contribution < -0.4 is 5.32 Å². The molecule has 3 atom stereocenters. The third-order valence-electron chi connectivity index (χ3n) is 4.31. The summed E-state index contributed by atoms with van der Waals surface area (Å²) in [5.74, 6) is 0.663. The van der Waals surface area contributed by atoms with Crippen molar-refractivity contribution in [2.24, 2.45) is 11.8 Å². The second kappa shape index (κ2) is 3.70. The van der Waals surface area contributed by atoms with Crippen molar-refractivity contribution >= 4 is 5.97 Å². The van der Waals surface area contributed by atoms with Crippen LogP contribution in [0.2, 0.25) is 0 Å². The predicted octanol–water partition coefficient (Wildman–Crippen LogP) is 0.707. The molecular formula is C12H19NO3. The van der Waals surface area contributed by atoms with E-state index in [1.165, 1.54) is 0 Å². The number of esters is 1. The molecule has 90 valence electrons. The van der Waals surface area contributed by atoms with Crippen LogP contribution in [0.3, 0.4) is 0 Å². The average Bonchev–Trinajstić information content (AvgIpc) is 2.78. The summed E-state index contributed by atoms with van der Waals surface area (Å²) in [7, 11) is 0. The first-order chi connectivity index (χ1) is 7.68. The average molecular weight is 225 g/mol. The standard InChI is InChI=1S/C12H19NO3/c1-12(2-4-15-5-3-12)16-11(14)10-8-6-9(10)13-7-8/h8-10,13H,2-7H2,1H3/t8-,9-,10+/m0/s1. The number of ether oxygens (including phenoxy) is 2. The molecule has 4 nitrogen and oxygen atoms in total. The summed E-state index contributed by atoms with van der Waals surface area (Å²) in [6.45, 7) is 4.44. The maximum atomic E-state index is 12.1. The van der Waals surface area contributed by atoms with Crippen LogP contribution in [0.5, 0.6) is 0 Å². The molecule has 4 rings (SSSR count). The first-order valence-electron chi connectivity index (χ1n) is 6.22. The normalized spacial score (nSPS) is 40.2. The van der Waals surface area contributed by atoms with Crippen LogP contribution in [-0.4, -0.2) is 37.4 Å². The zero-order chi connectivity index (χ0) is 11.2. The maximum Gasteiger partial charge on any atom is 0.311 e. The summed E-state index contributed by atoms with van der Waals surface area (Å²) < 4.78 is 11.0. The van der Waals surface area contributed by atoms with Gasteiger partial charge in [-0.25, -0.2) is 0 Å². The fraction of sp³-hybridized carbons (Fsp3) is 0.917. The molecule has 1 aliphatic carbocycles. The Morgan fingerprint density at radius 1 is 1.44 bits per heavy atom. The number of hydrogen-bond donors (Lipinski definition) is 1. The summed E-state index contributed by atoms with van der Waals surface area (Å²) in [6, 6.07) is 0.390. The van der Waals surface area contributed by atoms with Crippen LogP contribution in [0.4, 0.5) is 0 Å². The van der Waals surface area contributed by atoms with Crippen molar-refractivity contribution in [1.82, 2.24) is 5.32 Å². The third-order valence-corrected chi connectivity index (χ3v) is 4.31. The van der Waals surface area contributed by atoms with Gasteiger partial charge in [0, 0.05) is 18.9 Å². The second-order valence-corrected chi connectivity index (χ2v) is 5.52. The molecule has 3 saturated heterocycles. The Bertz CT molecular complexity index is 285. The highest BCUT2D eigenvalue weighted by Gasteiger charge is 2.52. The molecule has 0 radical (unpaired) electrons. The van der Waals surface area contributed by atoms with Gasteiger partial charge in [0.2, 0.25) is 0 Å². The molecule has 1 saturated carbocycles. The smallest absolute Gasteiger partial charge is 0.311 e. The molecule has 2 bridgehead atoms. The molecular weight excluding hydrogens is 206 g/mol. The predicted molar refractivity (Wildman–Crippen MR) is 57.9 cm³/mol. The van der Waals surface area contributed by atoms with Crippen LogP contribution in [0.1, 0.15) is 26.2 Å². The van der Waals surface area contributed by atoms with E-state index >= 15 is 0 Å². The van der Waals surface area contributed by atoms with E-state index < -0.39 is 0 Å². The Hall–Kier alpha value is -0.610. The number of carbonyl (C=O) groups is 1. The van der Waals surface area contributed by atoms with Crippen LogP contribution in [0.15, 0.2) is 0 Å². The highest BCUT2D eigenvalue weighted by molar-refractivity contribution is 5.76. The largest absolute Gasteiger partial charge is 0.459 e. The van der Waals surface area contributed by atoms with Gasteiger partial charge in [-0.2, -0.15) is 0 Å². The van der Waals surface area contributed by atoms with E-state index in [4.69, 9.17) is 9.47 Å². The van der Waals surface area contributed by atoms with Crippen molar-refractivity contribution in [2.45, 2.75) is 37.8 Å². The van der Waals surface area contributed by atoms with Crippen LogP contribution in [0, 0.1) is 11.8 Å². The molecule has 16 heavy (non-hydrogen) atoms. The van der Waals surface area contributed by atoms with E-state index in [9.17, 15) is 4.79 Å². The molecule has 4 fully saturated rings. The van der Waals surface area contributed by atoms with Gasteiger partial charge in [-0.3, -0.25) is 4.79 Å². The lowest BCUT2D eigenvalue weighted by molar-refractivity contribution is -0.176. The Labute approximate surface area is 95.7 Å². The number of rotatable bonds is 2. The summed E-state index contributed by atoms with van der Waals surface area (Å²) >= 11 is 0. The first kappa shape index (κ1) is 10.5. The lowest BCUT2D eigenvalue weighted by Crippen LogP contribution is -2.47. The maximum absolute atomic E-state index is 12.1. The fourth-order valence-corrected chi connectivity index (χ4v) is 3.05. The van der Waals surface area contributed by atoms with Crippen molar-refractivity contribution < 1.29 is 14.3 Å². The third kappa shape index (κ3) is 1.64. The SMILES string of the molecule is CC1(OC(=O)[C@@H]2[C@@H]3CN[C@H]2C3)CCOCC1. The zero-order valence-electron chi connectivity index (χ0n) is 9.70. The summed E-state index contributed by atoms with van der Waals surface area (Å²) in [4.78, 5) is 12.1. The van der Waals surface area contributed by atoms with Gasteiger partial charge in [-0.05, 0) is 25.8 Å². The van der Waals surface area contributed by atoms with Crippen molar-refractivity contribution in [2.75, 3.05) is 19.8 Å². The van der Waals surface area contributed by atoms with E-state index in [0.717, 1.165) is 25.8 Å². The molecule has 0 aromatic rings. The van der Waals surface area contributed by atoms with Gasteiger partial charge in [0.1, 0.15) is 5.60 Å². The zero-order valence-corrected chi connectivity index (χ0v) is 9.70. The van der Waals surface area contributed by atoms with Crippen molar-refractivity contribution in [3.05, 3.63) is 0 Å². The summed E-state index contributed by atoms with van der Waals surface area (Å²) in [5, 5.41) is 3.35. The quantitative estimate of drug-likeness (QED) is 0.703. The minimum Gasteiger partial charge on any atom is -0.459 e. The molecule has 0 aromatic carbocycles. The van der Waals surface area contributed by atoms with Gasteiger partial charge in [0.15, 0.2) is 0 Å². The van der Waals surface area contributed by atoms with Gasteiger partial charge >= 0.3 is 5.97 Å². The van der Waals surface area contributed by atoms with Crippen molar-refractivity contribution in [1.29, 1.82) is 0 Å². The van der Waals surface area contributed by atoms with Crippen LogP contribution in [0.25, 0.3) is 0 Å². The molecule has 4 aliphatic rings. The molecule has 0 amide bonds. The van der Waals surface area contributed by atoms with E-state index in [0.29, 0.717) is 25.2 Å². The number of carbonyl (C=O) groups excluding carboxylic acids is 1. The van der Waals surface area contributed by atoms with Crippen LogP contribution in [-0.2, 0) is 14.3 Å². The van der Waals surface area contributed by atoms with Gasteiger partial charge in [0.25, 0.3) is 0 Å². The Morgan fingerprint density at radius 2 is 2.19 bits per heavy atom. The lowest BCUT2D eigenvalue weighted by atomic mass is 9.74. The summed E-state index contributed by atoms with van der Waals surface area (Å²) in [6.07, 6.45) is 2.81. The van der Waals surface area contributed by atoms with Gasteiger partial charge in [-0.1, -0.05) is 0 Å². The topological polar surface area (TPSA) is 47.6 Å². The summed E-state index contributed by atoms with van der Waals surface area (Å²) in [5.41, 5.74) is -0.287.